The lowest BCUT2D eigenvalue weighted by atomic mass is 10.2. The van der Waals surface area contributed by atoms with Gasteiger partial charge in [0.2, 0.25) is 20.0 Å². The first kappa shape index (κ1) is 23.4. The van der Waals surface area contributed by atoms with Crippen LogP contribution in [-0.2, 0) is 31.3 Å². The van der Waals surface area contributed by atoms with Crippen molar-refractivity contribution in [3.05, 3.63) is 41.2 Å². The molecule has 9 nitrogen and oxygen atoms in total. The van der Waals surface area contributed by atoms with Gasteiger partial charge in [0, 0.05) is 26.2 Å². The minimum atomic E-state index is -3.61. The molecule has 0 amide bonds. The molecule has 3 heterocycles. The van der Waals surface area contributed by atoms with E-state index in [1.807, 2.05) is 6.07 Å². The quantitative estimate of drug-likeness (QED) is 0.622. The van der Waals surface area contributed by atoms with E-state index in [4.69, 9.17) is 4.74 Å². The lowest BCUT2D eigenvalue weighted by Gasteiger charge is -2.26. The highest BCUT2D eigenvalue weighted by atomic mass is 32.2. The minimum Gasteiger partial charge on any atom is -0.379 e. The summed E-state index contributed by atoms with van der Waals surface area (Å²) in [5.74, 6) is 0. The molecule has 0 spiro atoms. The average Bonchev–Trinajstić information content (AvgIpc) is 3.08. The predicted octanol–water partition coefficient (Wildman–Crippen LogP) is 1.74. The number of rotatable bonds is 6. The fraction of sp³-hybridized carbons (Fsp3) is 0.571. The Labute approximate surface area is 190 Å². The van der Waals surface area contributed by atoms with Crippen LogP contribution in [0.3, 0.4) is 0 Å². The summed E-state index contributed by atoms with van der Waals surface area (Å²) >= 11 is 0. The maximum Gasteiger partial charge on any atom is 0.246 e. The SMILES string of the molecule is Cc1nn(Cc2cccc(S(=O)(=O)N3CCOCC3)c2)c(C)c1S(=O)(=O)N1CCCCC1. The molecule has 0 bridgehead atoms. The van der Waals surface area contributed by atoms with Crippen LogP contribution in [0.15, 0.2) is 34.1 Å². The van der Waals surface area contributed by atoms with Gasteiger partial charge >= 0.3 is 0 Å². The molecule has 2 aromatic rings. The monoisotopic (exact) mass is 482 g/mol. The molecular formula is C21H30N4O5S2. The van der Waals surface area contributed by atoms with Crippen LogP contribution >= 0.6 is 0 Å². The topological polar surface area (TPSA) is 102 Å². The predicted molar refractivity (Wildman–Crippen MR) is 119 cm³/mol. The zero-order chi connectivity index (χ0) is 22.9. The van der Waals surface area contributed by atoms with Gasteiger partial charge in [-0.25, -0.2) is 16.8 Å². The fourth-order valence-electron chi connectivity index (χ4n) is 4.36. The van der Waals surface area contributed by atoms with E-state index in [0.717, 1.165) is 24.8 Å². The third-order valence-electron chi connectivity index (χ3n) is 6.07. The van der Waals surface area contributed by atoms with Crippen molar-refractivity contribution in [1.29, 1.82) is 0 Å². The largest absolute Gasteiger partial charge is 0.379 e. The second-order valence-electron chi connectivity index (χ2n) is 8.29. The molecule has 0 atom stereocenters. The number of hydrogen-bond acceptors (Lipinski definition) is 6. The molecule has 2 saturated heterocycles. The molecule has 2 aliphatic heterocycles. The Balaban J connectivity index is 1.60. The Kier molecular flexibility index (Phi) is 6.73. The Bertz CT molecular complexity index is 1180. The standard InChI is InChI=1S/C21H30N4O5S2/c1-17-21(32(28,29)23-9-4-3-5-10-23)18(2)25(22-17)16-19-7-6-8-20(15-19)31(26,27)24-11-13-30-14-12-24/h6-8,15H,3-5,9-14,16H2,1-2H3. The minimum absolute atomic E-state index is 0.222. The van der Waals surface area contributed by atoms with Crippen molar-refractivity contribution in [3.8, 4) is 0 Å². The molecule has 32 heavy (non-hydrogen) atoms. The van der Waals surface area contributed by atoms with Crippen molar-refractivity contribution in [2.75, 3.05) is 39.4 Å². The van der Waals surface area contributed by atoms with Gasteiger partial charge in [-0.3, -0.25) is 4.68 Å². The van der Waals surface area contributed by atoms with E-state index in [1.165, 1.54) is 4.31 Å². The number of nitrogens with zero attached hydrogens (tertiary/aromatic N) is 4. The van der Waals surface area contributed by atoms with Crippen LogP contribution in [0.4, 0.5) is 0 Å². The molecule has 0 aliphatic carbocycles. The van der Waals surface area contributed by atoms with Gasteiger partial charge in [-0.1, -0.05) is 18.6 Å². The maximum atomic E-state index is 13.2. The number of hydrogen-bond donors (Lipinski definition) is 0. The van der Waals surface area contributed by atoms with Gasteiger partial charge in [0.1, 0.15) is 4.90 Å². The van der Waals surface area contributed by atoms with Crippen molar-refractivity contribution in [1.82, 2.24) is 18.4 Å². The fourth-order valence-corrected chi connectivity index (χ4v) is 7.72. The van der Waals surface area contributed by atoms with Gasteiger partial charge in [-0.05, 0) is 44.4 Å². The second kappa shape index (κ2) is 9.22. The highest BCUT2D eigenvalue weighted by molar-refractivity contribution is 7.89. The number of morpholine rings is 1. The van der Waals surface area contributed by atoms with Crippen LogP contribution in [0.5, 0.6) is 0 Å². The van der Waals surface area contributed by atoms with Gasteiger partial charge in [0.05, 0.1) is 36.0 Å². The highest BCUT2D eigenvalue weighted by Gasteiger charge is 2.32. The van der Waals surface area contributed by atoms with Gasteiger partial charge in [0.25, 0.3) is 0 Å². The van der Waals surface area contributed by atoms with E-state index in [-0.39, 0.29) is 16.3 Å². The number of piperidine rings is 1. The molecule has 1 aromatic carbocycles. The van der Waals surface area contributed by atoms with Gasteiger partial charge < -0.3 is 4.74 Å². The summed E-state index contributed by atoms with van der Waals surface area (Å²) in [6.45, 7) is 6.27. The van der Waals surface area contributed by atoms with Crippen LogP contribution in [0.25, 0.3) is 0 Å². The summed E-state index contributed by atoms with van der Waals surface area (Å²) < 4.78 is 62.3. The van der Waals surface area contributed by atoms with Crippen LogP contribution in [0.2, 0.25) is 0 Å². The number of aryl methyl sites for hydroxylation is 1. The van der Waals surface area contributed by atoms with Crippen molar-refractivity contribution < 1.29 is 21.6 Å². The Morgan fingerprint density at radius 3 is 2.25 bits per heavy atom. The first-order valence-electron chi connectivity index (χ1n) is 10.9. The smallest absolute Gasteiger partial charge is 0.246 e. The second-order valence-corrected chi connectivity index (χ2v) is 12.1. The highest BCUT2D eigenvalue weighted by Crippen LogP contribution is 2.27. The van der Waals surface area contributed by atoms with E-state index < -0.39 is 20.0 Å². The lowest BCUT2D eigenvalue weighted by Crippen LogP contribution is -2.40. The average molecular weight is 483 g/mol. The molecule has 2 fully saturated rings. The van der Waals surface area contributed by atoms with Crippen LogP contribution in [-0.4, -0.2) is 74.6 Å². The molecule has 11 heteroatoms. The normalized spacial score (nSPS) is 19.3. The molecule has 0 N–H and O–H groups in total. The van der Waals surface area contributed by atoms with Gasteiger partial charge in [0.15, 0.2) is 0 Å². The first-order valence-corrected chi connectivity index (χ1v) is 13.8. The molecule has 176 valence electrons. The maximum absolute atomic E-state index is 13.2. The summed E-state index contributed by atoms with van der Waals surface area (Å²) in [7, 11) is -7.21. The van der Waals surface area contributed by atoms with Crippen molar-refractivity contribution in [2.24, 2.45) is 0 Å². The van der Waals surface area contributed by atoms with E-state index in [1.54, 1.807) is 41.0 Å². The summed E-state index contributed by atoms with van der Waals surface area (Å²) in [5, 5.41) is 4.48. The molecule has 4 rings (SSSR count). The Morgan fingerprint density at radius 1 is 0.906 bits per heavy atom. The number of ether oxygens (including phenoxy) is 1. The first-order chi connectivity index (χ1) is 15.2. The van der Waals surface area contributed by atoms with Crippen LogP contribution in [0, 0.1) is 13.8 Å². The molecular weight excluding hydrogens is 452 g/mol. The summed E-state index contributed by atoms with van der Waals surface area (Å²) in [6.07, 6.45) is 2.79. The third kappa shape index (κ3) is 4.49. The molecule has 1 aromatic heterocycles. The molecule has 2 aliphatic rings. The van der Waals surface area contributed by atoms with E-state index in [2.05, 4.69) is 5.10 Å². The van der Waals surface area contributed by atoms with Crippen molar-refractivity contribution >= 4 is 20.0 Å². The summed E-state index contributed by atoms with van der Waals surface area (Å²) in [6, 6.07) is 6.76. The summed E-state index contributed by atoms with van der Waals surface area (Å²) in [4.78, 5) is 0.482. The van der Waals surface area contributed by atoms with Gasteiger partial charge in [-0.2, -0.15) is 13.7 Å². The Hall–Kier alpha value is -1.79. The molecule has 0 saturated carbocycles. The zero-order valence-electron chi connectivity index (χ0n) is 18.5. The summed E-state index contributed by atoms with van der Waals surface area (Å²) in [5.41, 5.74) is 1.77. The third-order valence-corrected chi connectivity index (χ3v) is 10.1. The number of benzene rings is 1. The molecule has 0 radical (unpaired) electrons. The lowest BCUT2D eigenvalue weighted by molar-refractivity contribution is 0.0730. The van der Waals surface area contributed by atoms with Crippen LogP contribution in [0.1, 0.15) is 36.2 Å². The van der Waals surface area contributed by atoms with Gasteiger partial charge in [-0.15, -0.1) is 0 Å². The van der Waals surface area contributed by atoms with E-state index >= 15 is 0 Å². The molecule has 0 unspecified atom stereocenters. The number of sulfonamides is 2. The van der Waals surface area contributed by atoms with Crippen molar-refractivity contribution in [3.63, 3.8) is 0 Å². The Morgan fingerprint density at radius 2 is 1.56 bits per heavy atom. The van der Waals surface area contributed by atoms with E-state index in [9.17, 15) is 16.8 Å². The van der Waals surface area contributed by atoms with Crippen molar-refractivity contribution in [2.45, 2.75) is 49.4 Å². The number of aromatic nitrogens is 2. The zero-order valence-corrected chi connectivity index (χ0v) is 20.2. The van der Waals surface area contributed by atoms with E-state index in [0.29, 0.717) is 50.8 Å². The van der Waals surface area contributed by atoms with Crippen LogP contribution < -0.4 is 0 Å².